The molecule has 0 spiro atoms. The highest BCUT2D eigenvalue weighted by Crippen LogP contribution is 2.22. The number of fused-ring (bicyclic) bond motifs is 2. The molecule has 0 unspecified atom stereocenters. The smallest absolute Gasteiger partial charge is 0.316 e. The summed E-state index contributed by atoms with van der Waals surface area (Å²) in [6, 6.07) is 12.9. The van der Waals surface area contributed by atoms with Crippen LogP contribution in [0.4, 0.5) is 0 Å². The average Bonchev–Trinajstić information content (AvgIpc) is 2.61. The predicted molar refractivity (Wildman–Crippen MR) is 89.8 cm³/mol. The fourth-order valence-electron chi connectivity index (χ4n) is 2.86. The molecule has 2 aromatic carbocycles. The Bertz CT molecular complexity index is 816. The first-order valence-electron chi connectivity index (χ1n) is 7.97. The molecule has 5 heteroatoms. The van der Waals surface area contributed by atoms with E-state index >= 15 is 0 Å². The van der Waals surface area contributed by atoms with Gasteiger partial charge in [-0.05, 0) is 22.9 Å². The van der Waals surface area contributed by atoms with Gasteiger partial charge in [-0.25, -0.2) is 4.98 Å². The molecule has 0 atom stereocenters. The highest BCUT2D eigenvalue weighted by atomic mass is 16.5. The molecule has 0 radical (unpaired) electrons. The third-order valence-corrected chi connectivity index (χ3v) is 4.17. The Balaban J connectivity index is 1.48. The van der Waals surface area contributed by atoms with Crippen LogP contribution >= 0.6 is 0 Å². The van der Waals surface area contributed by atoms with Crippen LogP contribution in [0.2, 0.25) is 0 Å². The topological polar surface area (TPSA) is 47.5 Å². The van der Waals surface area contributed by atoms with E-state index in [9.17, 15) is 0 Å². The van der Waals surface area contributed by atoms with Gasteiger partial charge in [0.1, 0.15) is 6.61 Å². The van der Waals surface area contributed by atoms with Crippen LogP contribution in [-0.4, -0.2) is 54.3 Å². The van der Waals surface area contributed by atoms with Crippen LogP contribution in [0.15, 0.2) is 42.6 Å². The minimum Gasteiger partial charge on any atom is -0.462 e. The van der Waals surface area contributed by atoms with E-state index in [0.717, 1.165) is 43.8 Å². The number of hydrogen-bond acceptors (Lipinski definition) is 5. The van der Waals surface area contributed by atoms with Crippen LogP contribution in [0.3, 0.4) is 0 Å². The van der Waals surface area contributed by atoms with E-state index in [1.165, 1.54) is 10.8 Å². The SMILES string of the molecule is c1ccc2cc3nc(OCCN4CCOCC4)ncc3cc2c1. The quantitative estimate of drug-likeness (QED) is 0.693. The van der Waals surface area contributed by atoms with Crippen LogP contribution in [0.5, 0.6) is 6.01 Å². The van der Waals surface area contributed by atoms with Gasteiger partial charge in [0.25, 0.3) is 0 Å². The van der Waals surface area contributed by atoms with Crippen LogP contribution in [0.1, 0.15) is 0 Å². The molecule has 2 heterocycles. The third kappa shape index (κ3) is 3.25. The molecule has 1 fully saturated rings. The summed E-state index contributed by atoms with van der Waals surface area (Å²) in [5.41, 5.74) is 0.917. The lowest BCUT2D eigenvalue weighted by Gasteiger charge is -2.26. The molecule has 0 saturated carbocycles. The molecule has 0 N–H and O–H groups in total. The van der Waals surface area contributed by atoms with Gasteiger partial charge in [0.05, 0.1) is 18.7 Å². The number of nitrogens with zero attached hydrogens (tertiary/aromatic N) is 3. The fourth-order valence-corrected chi connectivity index (χ4v) is 2.86. The molecule has 3 aromatic rings. The second-order valence-corrected chi connectivity index (χ2v) is 5.71. The maximum absolute atomic E-state index is 5.72. The highest BCUT2D eigenvalue weighted by Gasteiger charge is 2.10. The lowest BCUT2D eigenvalue weighted by molar-refractivity contribution is 0.0317. The van der Waals surface area contributed by atoms with Crippen molar-refractivity contribution >= 4 is 21.7 Å². The Hall–Kier alpha value is -2.24. The van der Waals surface area contributed by atoms with E-state index < -0.39 is 0 Å². The molecule has 1 aromatic heterocycles. The van der Waals surface area contributed by atoms with E-state index in [0.29, 0.717) is 12.6 Å². The Morgan fingerprint density at radius 2 is 1.83 bits per heavy atom. The van der Waals surface area contributed by atoms with E-state index in [4.69, 9.17) is 9.47 Å². The first-order valence-corrected chi connectivity index (χ1v) is 7.97. The normalized spacial score (nSPS) is 16.0. The maximum Gasteiger partial charge on any atom is 0.316 e. The molecule has 0 amide bonds. The summed E-state index contributed by atoms with van der Waals surface area (Å²) in [5, 5.41) is 3.41. The van der Waals surface area contributed by atoms with Crippen molar-refractivity contribution in [3.63, 3.8) is 0 Å². The van der Waals surface area contributed by atoms with Crippen molar-refractivity contribution in [1.82, 2.24) is 14.9 Å². The van der Waals surface area contributed by atoms with Crippen molar-refractivity contribution in [2.24, 2.45) is 0 Å². The van der Waals surface area contributed by atoms with Crippen molar-refractivity contribution in [3.8, 4) is 6.01 Å². The third-order valence-electron chi connectivity index (χ3n) is 4.17. The van der Waals surface area contributed by atoms with Crippen molar-refractivity contribution < 1.29 is 9.47 Å². The number of ether oxygens (including phenoxy) is 2. The summed E-state index contributed by atoms with van der Waals surface area (Å²) in [6.07, 6.45) is 1.83. The number of hydrogen-bond donors (Lipinski definition) is 0. The Morgan fingerprint density at radius 1 is 1.04 bits per heavy atom. The van der Waals surface area contributed by atoms with Gasteiger partial charge in [-0.2, -0.15) is 4.98 Å². The maximum atomic E-state index is 5.72. The molecule has 5 nitrogen and oxygen atoms in total. The Morgan fingerprint density at radius 3 is 2.65 bits per heavy atom. The molecule has 118 valence electrons. The summed E-state index contributed by atoms with van der Waals surface area (Å²) >= 11 is 0. The molecule has 1 aliphatic heterocycles. The van der Waals surface area contributed by atoms with Crippen LogP contribution in [0, 0.1) is 0 Å². The van der Waals surface area contributed by atoms with Crippen molar-refractivity contribution in [3.05, 3.63) is 42.6 Å². The lowest BCUT2D eigenvalue weighted by Crippen LogP contribution is -2.38. The van der Waals surface area contributed by atoms with E-state index in [2.05, 4.69) is 39.1 Å². The van der Waals surface area contributed by atoms with Gasteiger partial charge in [-0.15, -0.1) is 0 Å². The molecular weight excluding hydrogens is 290 g/mol. The second-order valence-electron chi connectivity index (χ2n) is 5.71. The van der Waals surface area contributed by atoms with Gasteiger partial charge in [-0.1, -0.05) is 24.3 Å². The van der Waals surface area contributed by atoms with Crippen LogP contribution < -0.4 is 4.74 Å². The van der Waals surface area contributed by atoms with E-state index in [1.807, 2.05) is 18.3 Å². The van der Waals surface area contributed by atoms with Crippen molar-refractivity contribution in [2.75, 3.05) is 39.5 Å². The Kier molecular flexibility index (Phi) is 4.05. The Labute approximate surface area is 134 Å². The highest BCUT2D eigenvalue weighted by molar-refractivity contribution is 5.96. The first kappa shape index (κ1) is 14.4. The number of benzene rings is 2. The summed E-state index contributed by atoms with van der Waals surface area (Å²) in [6.45, 7) is 5.02. The minimum atomic E-state index is 0.445. The standard InChI is InChI=1S/C18H19N3O2/c1-2-4-15-12-17-16(11-14(15)3-1)13-19-18(20-17)23-10-7-21-5-8-22-9-6-21/h1-4,11-13H,5-10H2. The van der Waals surface area contributed by atoms with E-state index in [1.54, 1.807) is 0 Å². The summed E-state index contributed by atoms with van der Waals surface area (Å²) in [4.78, 5) is 11.2. The van der Waals surface area contributed by atoms with Gasteiger partial charge < -0.3 is 9.47 Å². The molecule has 4 rings (SSSR count). The van der Waals surface area contributed by atoms with Crippen LogP contribution in [0.25, 0.3) is 21.7 Å². The molecule has 0 aliphatic carbocycles. The van der Waals surface area contributed by atoms with Crippen molar-refractivity contribution in [2.45, 2.75) is 0 Å². The molecular formula is C18H19N3O2. The van der Waals surface area contributed by atoms with Gasteiger partial charge >= 0.3 is 6.01 Å². The molecule has 1 aliphatic rings. The molecule has 23 heavy (non-hydrogen) atoms. The zero-order valence-electron chi connectivity index (χ0n) is 12.9. The van der Waals surface area contributed by atoms with Gasteiger partial charge in [0.2, 0.25) is 0 Å². The summed E-state index contributed by atoms with van der Waals surface area (Å²) in [7, 11) is 0. The average molecular weight is 309 g/mol. The minimum absolute atomic E-state index is 0.445. The van der Waals surface area contributed by atoms with Gasteiger partial charge in [-0.3, -0.25) is 4.90 Å². The number of rotatable bonds is 4. The van der Waals surface area contributed by atoms with Crippen LogP contribution in [-0.2, 0) is 4.74 Å². The summed E-state index contributed by atoms with van der Waals surface area (Å²) < 4.78 is 11.1. The predicted octanol–water partition coefficient (Wildman–Crippen LogP) is 2.49. The largest absolute Gasteiger partial charge is 0.462 e. The lowest BCUT2D eigenvalue weighted by atomic mass is 10.1. The number of morpholine rings is 1. The fraction of sp³-hybridized carbons (Fsp3) is 0.333. The second kappa shape index (κ2) is 6.48. The number of aromatic nitrogens is 2. The molecule has 0 bridgehead atoms. The monoisotopic (exact) mass is 309 g/mol. The zero-order chi connectivity index (χ0) is 15.5. The first-order chi connectivity index (χ1) is 11.4. The van der Waals surface area contributed by atoms with Crippen molar-refractivity contribution in [1.29, 1.82) is 0 Å². The van der Waals surface area contributed by atoms with Gasteiger partial charge in [0, 0.05) is 31.2 Å². The zero-order valence-corrected chi connectivity index (χ0v) is 12.9. The van der Waals surface area contributed by atoms with Gasteiger partial charge in [0.15, 0.2) is 0 Å². The summed E-state index contributed by atoms with van der Waals surface area (Å²) in [5.74, 6) is 0. The molecule has 1 saturated heterocycles. The van der Waals surface area contributed by atoms with E-state index in [-0.39, 0.29) is 0 Å².